The van der Waals surface area contributed by atoms with Crippen LogP contribution in [0.25, 0.3) is 0 Å². The maximum atomic E-state index is 11.9. The lowest BCUT2D eigenvalue weighted by atomic mass is 10.1. The van der Waals surface area contributed by atoms with Crippen LogP contribution >= 0.6 is 11.3 Å². The van der Waals surface area contributed by atoms with Gasteiger partial charge in [-0.25, -0.2) is 0 Å². The molecule has 4 nitrogen and oxygen atoms in total. The number of likely N-dealkylation sites (N-methyl/N-ethyl adjacent to an activating group) is 1. The van der Waals surface area contributed by atoms with Gasteiger partial charge < -0.3 is 0 Å². The van der Waals surface area contributed by atoms with Gasteiger partial charge in [0.15, 0.2) is 0 Å². The standard InChI is InChI=1S/C10H18N2O2S2/c1-9(7-10-5-6-15-8-10)12(4)16(13,14)11(2)3/h5-6,8-9H,7H2,1-4H3/t9-/m0/s1. The molecule has 0 aliphatic carbocycles. The largest absolute Gasteiger partial charge is 0.281 e. The van der Waals surface area contributed by atoms with E-state index in [1.807, 2.05) is 23.8 Å². The second kappa shape index (κ2) is 5.27. The van der Waals surface area contributed by atoms with Gasteiger partial charge in [-0.2, -0.15) is 28.4 Å². The molecule has 6 heteroatoms. The van der Waals surface area contributed by atoms with E-state index in [-0.39, 0.29) is 6.04 Å². The molecular weight excluding hydrogens is 244 g/mol. The van der Waals surface area contributed by atoms with E-state index in [4.69, 9.17) is 0 Å². The van der Waals surface area contributed by atoms with Crippen molar-refractivity contribution >= 4 is 21.5 Å². The van der Waals surface area contributed by atoms with E-state index < -0.39 is 10.2 Å². The molecule has 92 valence electrons. The van der Waals surface area contributed by atoms with Gasteiger partial charge in [-0.3, -0.25) is 0 Å². The molecule has 0 spiro atoms. The minimum absolute atomic E-state index is 0.0398. The third kappa shape index (κ3) is 3.04. The van der Waals surface area contributed by atoms with Crippen LogP contribution < -0.4 is 0 Å². The molecule has 0 N–H and O–H groups in total. The highest BCUT2D eigenvalue weighted by Gasteiger charge is 2.25. The van der Waals surface area contributed by atoms with Crippen LogP contribution in [0.5, 0.6) is 0 Å². The lowest BCUT2D eigenvalue weighted by Crippen LogP contribution is -2.43. The molecule has 0 saturated carbocycles. The molecule has 1 rings (SSSR count). The number of rotatable bonds is 5. The van der Waals surface area contributed by atoms with Crippen molar-refractivity contribution in [2.45, 2.75) is 19.4 Å². The zero-order valence-corrected chi connectivity index (χ0v) is 11.7. The van der Waals surface area contributed by atoms with Gasteiger partial charge in [0.05, 0.1) is 0 Å². The zero-order valence-electron chi connectivity index (χ0n) is 10.0. The van der Waals surface area contributed by atoms with E-state index in [0.717, 1.165) is 6.42 Å². The van der Waals surface area contributed by atoms with Gasteiger partial charge in [0.25, 0.3) is 10.2 Å². The Morgan fingerprint density at radius 1 is 1.38 bits per heavy atom. The minimum atomic E-state index is -3.31. The fourth-order valence-corrected chi connectivity index (χ4v) is 3.09. The zero-order chi connectivity index (χ0) is 12.3. The van der Waals surface area contributed by atoms with Gasteiger partial charge in [-0.15, -0.1) is 0 Å². The highest BCUT2D eigenvalue weighted by atomic mass is 32.2. The van der Waals surface area contributed by atoms with Crippen molar-refractivity contribution in [3.05, 3.63) is 22.4 Å². The molecule has 0 fully saturated rings. The summed E-state index contributed by atoms with van der Waals surface area (Å²) in [5.41, 5.74) is 1.18. The normalized spacial score (nSPS) is 14.6. The first kappa shape index (κ1) is 13.6. The van der Waals surface area contributed by atoms with Gasteiger partial charge in [0.2, 0.25) is 0 Å². The lowest BCUT2D eigenvalue weighted by molar-refractivity contribution is 0.356. The fourth-order valence-electron chi connectivity index (χ4n) is 1.36. The number of hydrogen-bond donors (Lipinski definition) is 0. The van der Waals surface area contributed by atoms with Crippen molar-refractivity contribution in [1.29, 1.82) is 0 Å². The van der Waals surface area contributed by atoms with Crippen molar-refractivity contribution in [3.8, 4) is 0 Å². The molecule has 0 aliphatic rings. The van der Waals surface area contributed by atoms with Crippen LogP contribution in [0.3, 0.4) is 0 Å². The van der Waals surface area contributed by atoms with Gasteiger partial charge in [-0.1, -0.05) is 0 Å². The molecule has 0 aromatic carbocycles. The highest BCUT2D eigenvalue weighted by Crippen LogP contribution is 2.14. The van der Waals surface area contributed by atoms with Crippen LogP contribution in [0.15, 0.2) is 16.8 Å². The van der Waals surface area contributed by atoms with E-state index in [1.54, 1.807) is 32.5 Å². The van der Waals surface area contributed by atoms with Crippen LogP contribution in [-0.2, 0) is 16.6 Å². The average molecular weight is 262 g/mol. The summed E-state index contributed by atoms with van der Waals surface area (Å²) in [5.74, 6) is 0. The summed E-state index contributed by atoms with van der Waals surface area (Å²) in [6.45, 7) is 1.92. The molecule has 0 radical (unpaired) electrons. The summed E-state index contributed by atoms with van der Waals surface area (Å²) >= 11 is 1.63. The number of nitrogens with zero attached hydrogens (tertiary/aromatic N) is 2. The first-order valence-electron chi connectivity index (χ1n) is 5.02. The molecule has 0 bridgehead atoms. The Bertz CT molecular complexity index is 412. The van der Waals surface area contributed by atoms with Crippen LogP contribution in [0.2, 0.25) is 0 Å². The van der Waals surface area contributed by atoms with Gasteiger partial charge >= 0.3 is 0 Å². The first-order valence-corrected chi connectivity index (χ1v) is 7.36. The maximum absolute atomic E-state index is 11.9. The third-order valence-corrected chi connectivity index (χ3v) is 5.30. The summed E-state index contributed by atoms with van der Waals surface area (Å²) < 4.78 is 26.4. The monoisotopic (exact) mass is 262 g/mol. The summed E-state index contributed by atoms with van der Waals surface area (Å²) in [7, 11) is 1.40. The predicted molar refractivity (Wildman–Crippen MR) is 67.9 cm³/mol. The van der Waals surface area contributed by atoms with Crippen molar-refractivity contribution < 1.29 is 8.42 Å². The topological polar surface area (TPSA) is 40.6 Å². The second-order valence-electron chi connectivity index (χ2n) is 3.99. The van der Waals surface area contributed by atoms with Crippen LogP contribution in [-0.4, -0.2) is 44.2 Å². The summed E-state index contributed by atoms with van der Waals surface area (Å²) in [6, 6.07) is 1.99. The molecule has 1 heterocycles. The van der Waals surface area contributed by atoms with Crippen LogP contribution in [0, 0.1) is 0 Å². The molecule has 0 aliphatic heterocycles. The third-order valence-electron chi connectivity index (χ3n) is 2.56. The molecule has 0 amide bonds. The van der Waals surface area contributed by atoms with E-state index in [2.05, 4.69) is 0 Å². The fraction of sp³-hybridized carbons (Fsp3) is 0.600. The van der Waals surface area contributed by atoms with Gasteiger partial charge in [0.1, 0.15) is 0 Å². The van der Waals surface area contributed by atoms with Crippen molar-refractivity contribution in [2.75, 3.05) is 21.1 Å². The molecule has 16 heavy (non-hydrogen) atoms. The number of thiophene rings is 1. The Labute approximate surface area is 102 Å². The van der Waals surface area contributed by atoms with E-state index in [0.29, 0.717) is 0 Å². The molecule has 1 aromatic rings. The molecule has 1 aromatic heterocycles. The van der Waals surface area contributed by atoms with Gasteiger partial charge in [-0.05, 0) is 35.7 Å². The molecule has 0 unspecified atom stereocenters. The summed E-state index contributed by atoms with van der Waals surface area (Å²) in [6.07, 6.45) is 0.743. The number of hydrogen-bond acceptors (Lipinski definition) is 3. The molecule has 1 atom stereocenters. The lowest BCUT2D eigenvalue weighted by Gasteiger charge is -2.26. The van der Waals surface area contributed by atoms with Crippen molar-refractivity contribution in [2.24, 2.45) is 0 Å². The highest BCUT2D eigenvalue weighted by molar-refractivity contribution is 7.86. The summed E-state index contributed by atoms with van der Waals surface area (Å²) in [4.78, 5) is 0. The maximum Gasteiger partial charge on any atom is 0.281 e. The first-order chi connectivity index (χ1) is 7.35. The Hall–Kier alpha value is -0.430. The van der Waals surface area contributed by atoms with E-state index in [9.17, 15) is 8.42 Å². The SMILES string of the molecule is C[C@@H](Cc1ccsc1)N(C)S(=O)(=O)N(C)C. The van der Waals surface area contributed by atoms with Crippen LogP contribution in [0.4, 0.5) is 0 Å². The minimum Gasteiger partial charge on any atom is -0.195 e. The Balaban J connectivity index is 2.71. The Kier molecular flexibility index (Phi) is 4.49. The van der Waals surface area contributed by atoms with Crippen molar-refractivity contribution in [3.63, 3.8) is 0 Å². The molecule has 0 saturated heterocycles. The second-order valence-corrected chi connectivity index (χ2v) is 6.97. The van der Waals surface area contributed by atoms with Crippen LogP contribution in [0.1, 0.15) is 12.5 Å². The Morgan fingerprint density at radius 3 is 2.44 bits per heavy atom. The van der Waals surface area contributed by atoms with E-state index >= 15 is 0 Å². The quantitative estimate of drug-likeness (QED) is 0.805. The predicted octanol–water partition coefficient (Wildman–Crippen LogP) is 1.42. The Morgan fingerprint density at radius 2 is 2.00 bits per heavy atom. The molecular formula is C10H18N2O2S2. The summed E-state index contributed by atoms with van der Waals surface area (Å²) in [5, 5.41) is 4.05. The smallest absolute Gasteiger partial charge is 0.195 e. The van der Waals surface area contributed by atoms with E-state index in [1.165, 1.54) is 14.2 Å². The van der Waals surface area contributed by atoms with Crippen molar-refractivity contribution in [1.82, 2.24) is 8.61 Å². The average Bonchev–Trinajstić information content (AvgIpc) is 2.68. The van der Waals surface area contributed by atoms with Gasteiger partial charge in [0, 0.05) is 27.2 Å².